The van der Waals surface area contributed by atoms with Gasteiger partial charge in [0.05, 0.1) is 23.7 Å². The van der Waals surface area contributed by atoms with E-state index in [2.05, 4.69) is 9.95 Å². The van der Waals surface area contributed by atoms with Crippen molar-refractivity contribution in [2.75, 3.05) is 7.05 Å². The van der Waals surface area contributed by atoms with Gasteiger partial charge in [-0.05, 0) is 29.8 Å². The van der Waals surface area contributed by atoms with Crippen LogP contribution < -0.4 is 4.74 Å². The molecule has 132 valence electrons. The fourth-order valence-electron chi connectivity index (χ4n) is 2.50. The quantitative estimate of drug-likeness (QED) is 0.669. The highest BCUT2D eigenvalue weighted by Gasteiger charge is 2.23. The normalized spacial score (nSPS) is 13.6. The Kier molecular flexibility index (Phi) is 5.12. The maximum Gasteiger partial charge on any atom is 0.248 e. The van der Waals surface area contributed by atoms with E-state index < -0.39 is 5.82 Å². The molecule has 0 unspecified atom stereocenters. The van der Waals surface area contributed by atoms with Crippen molar-refractivity contribution in [3.63, 3.8) is 0 Å². The van der Waals surface area contributed by atoms with Gasteiger partial charge in [-0.15, -0.1) is 0 Å². The lowest BCUT2D eigenvalue weighted by molar-refractivity contribution is -0.127. The molecule has 0 aliphatic carbocycles. The highest BCUT2D eigenvalue weighted by Crippen LogP contribution is 2.36. The summed E-state index contributed by atoms with van der Waals surface area (Å²) in [5, 5.41) is 5.70. The van der Waals surface area contributed by atoms with Crippen LogP contribution in [0.5, 0.6) is 11.5 Å². The number of carbonyl (C=O) groups excluding carboxylic acids is 1. The molecule has 5 nitrogen and oxygen atoms in total. The minimum Gasteiger partial charge on any atom is -0.454 e. The third-order valence-corrected chi connectivity index (χ3v) is 4.25. The molecular weight excluding hydrogens is 380 g/mol. The molecule has 0 bridgehead atoms. The number of ether oxygens (including phenoxy) is 1. The van der Waals surface area contributed by atoms with Gasteiger partial charge in [-0.1, -0.05) is 29.3 Å². The van der Waals surface area contributed by atoms with Crippen LogP contribution in [0.15, 0.2) is 35.4 Å². The van der Waals surface area contributed by atoms with Gasteiger partial charge in [0.25, 0.3) is 0 Å². The third-order valence-electron chi connectivity index (χ3n) is 3.74. The highest BCUT2D eigenvalue weighted by atomic mass is 35.5. The molecule has 0 atom stereocenters. The second-order valence-corrected chi connectivity index (χ2v) is 6.49. The molecule has 2 aromatic rings. The first kappa shape index (κ1) is 18.2. The minimum absolute atomic E-state index is 0.0807. The van der Waals surface area contributed by atoms with Crippen LogP contribution in [-0.2, 0) is 11.2 Å². The van der Waals surface area contributed by atoms with Crippen molar-refractivity contribution in [1.29, 1.82) is 0 Å². The molecule has 0 radical (unpaired) electrons. The van der Waals surface area contributed by atoms with Gasteiger partial charge >= 0.3 is 0 Å². The molecule has 0 N–H and O–H groups in total. The van der Waals surface area contributed by atoms with E-state index in [4.69, 9.17) is 34.5 Å². The average Bonchev–Trinajstić information content (AvgIpc) is 2.91. The fraction of sp³-hybridized carbons (Fsp3) is 0.167. The van der Waals surface area contributed by atoms with E-state index in [0.29, 0.717) is 16.3 Å². The van der Waals surface area contributed by atoms with Crippen LogP contribution in [0, 0.1) is 12.4 Å². The van der Waals surface area contributed by atoms with Crippen LogP contribution >= 0.6 is 23.2 Å². The van der Waals surface area contributed by atoms with Crippen molar-refractivity contribution < 1.29 is 13.9 Å². The fourth-order valence-corrected chi connectivity index (χ4v) is 2.91. The molecule has 1 heterocycles. The number of hydrazone groups is 1. The first-order chi connectivity index (χ1) is 12.4. The average molecular weight is 392 g/mol. The molecular formula is C18H12Cl2FN3O2. The molecule has 0 aromatic heterocycles. The summed E-state index contributed by atoms with van der Waals surface area (Å²) in [4.78, 5) is 14.8. The van der Waals surface area contributed by atoms with Crippen molar-refractivity contribution >= 4 is 40.5 Å². The van der Waals surface area contributed by atoms with Gasteiger partial charge in [-0.2, -0.15) is 5.10 Å². The maximum atomic E-state index is 14.9. The van der Waals surface area contributed by atoms with Crippen molar-refractivity contribution in [2.45, 2.75) is 12.8 Å². The summed E-state index contributed by atoms with van der Waals surface area (Å²) in [6, 6.07) is 7.42. The molecule has 0 saturated heterocycles. The summed E-state index contributed by atoms with van der Waals surface area (Å²) in [5.41, 5.74) is 1.13. The second kappa shape index (κ2) is 7.32. The molecule has 3 rings (SSSR count). The van der Waals surface area contributed by atoms with Gasteiger partial charge in [0.15, 0.2) is 17.3 Å². The van der Waals surface area contributed by atoms with E-state index in [1.807, 2.05) is 0 Å². The molecule has 0 saturated carbocycles. The SMILES string of the molecule is [C-]#[N+]c1cc(Cl)cc(Oc2c(Cl)ccc(CC3=NN(C)C(=O)C3)c2F)c1. The van der Waals surface area contributed by atoms with Crippen LogP contribution in [0.1, 0.15) is 12.0 Å². The summed E-state index contributed by atoms with van der Waals surface area (Å²) in [6.07, 6.45) is 0.315. The summed E-state index contributed by atoms with van der Waals surface area (Å²) in [6.45, 7) is 7.06. The van der Waals surface area contributed by atoms with Crippen LogP contribution in [0.2, 0.25) is 10.0 Å². The molecule has 1 aliphatic heterocycles. The van der Waals surface area contributed by atoms with Gasteiger partial charge in [0.2, 0.25) is 5.91 Å². The number of hydrogen-bond donors (Lipinski definition) is 0. The van der Waals surface area contributed by atoms with E-state index >= 15 is 0 Å². The lowest BCUT2D eigenvalue weighted by Crippen LogP contribution is -2.14. The molecule has 0 spiro atoms. The molecule has 2 aromatic carbocycles. The summed E-state index contributed by atoms with van der Waals surface area (Å²) in [5.74, 6) is -0.752. The highest BCUT2D eigenvalue weighted by molar-refractivity contribution is 6.32. The number of hydrogen-bond acceptors (Lipinski definition) is 3. The number of rotatable bonds is 4. The van der Waals surface area contributed by atoms with E-state index in [0.717, 1.165) is 0 Å². The number of benzene rings is 2. The molecule has 26 heavy (non-hydrogen) atoms. The standard InChI is InChI=1S/C18H12Cl2FN3O2/c1-22-12-6-11(19)7-14(8-12)26-18-15(20)4-3-10(17(18)21)5-13-9-16(25)24(2)23-13/h3-4,6-8H,5,9H2,2H3. The molecule has 0 fully saturated rings. The summed E-state index contributed by atoms with van der Waals surface area (Å²) < 4.78 is 20.5. The predicted octanol–water partition coefficient (Wildman–Crippen LogP) is 5.24. The van der Waals surface area contributed by atoms with E-state index in [1.165, 1.54) is 35.3 Å². The molecule has 8 heteroatoms. The smallest absolute Gasteiger partial charge is 0.248 e. The van der Waals surface area contributed by atoms with Gasteiger partial charge in [0.1, 0.15) is 5.75 Å². The first-order valence-corrected chi connectivity index (χ1v) is 8.28. The number of amides is 1. The van der Waals surface area contributed by atoms with Crippen LogP contribution in [0.4, 0.5) is 10.1 Å². The van der Waals surface area contributed by atoms with Crippen LogP contribution in [0.3, 0.4) is 0 Å². The molecule has 1 aliphatic rings. The Labute approximate surface area is 159 Å². The van der Waals surface area contributed by atoms with Crippen molar-refractivity contribution in [1.82, 2.24) is 5.01 Å². The Bertz CT molecular complexity index is 970. The lowest BCUT2D eigenvalue weighted by atomic mass is 10.1. The zero-order valence-electron chi connectivity index (χ0n) is 13.6. The zero-order chi connectivity index (χ0) is 18.8. The second-order valence-electron chi connectivity index (χ2n) is 5.65. The Morgan fingerprint density at radius 2 is 2.12 bits per heavy atom. The topological polar surface area (TPSA) is 46.3 Å². The number of carbonyl (C=O) groups is 1. The minimum atomic E-state index is -0.647. The largest absolute Gasteiger partial charge is 0.454 e. The van der Waals surface area contributed by atoms with Crippen molar-refractivity contribution in [2.24, 2.45) is 5.10 Å². The predicted molar refractivity (Wildman–Crippen MR) is 97.7 cm³/mol. The van der Waals surface area contributed by atoms with E-state index in [1.54, 1.807) is 7.05 Å². The Morgan fingerprint density at radius 1 is 1.35 bits per heavy atom. The van der Waals surface area contributed by atoms with Gasteiger partial charge in [0, 0.05) is 18.5 Å². The number of nitrogens with zero attached hydrogens (tertiary/aromatic N) is 3. The van der Waals surface area contributed by atoms with Crippen LogP contribution in [-0.4, -0.2) is 23.7 Å². The molecule has 1 amide bonds. The van der Waals surface area contributed by atoms with E-state index in [9.17, 15) is 9.18 Å². The van der Waals surface area contributed by atoms with Gasteiger partial charge < -0.3 is 4.74 Å². The number of halogens is 3. The first-order valence-electron chi connectivity index (χ1n) is 7.53. The summed E-state index contributed by atoms with van der Waals surface area (Å²) in [7, 11) is 1.55. The Morgan fingerprint density at radius 3 is 2.77 bits per heavy atom. The van der Waals surface area contributed by atoms with Gasteiger partial charge in [-0.25, -0.2) is 14.2 Å². The van der Waals surface area contributed by atoms with Crippen LogP contribution in [0.25, 0.3) is 4.85 Å². The Balaban J connectivity index is 1.91. The van der Waals surface area contributed by atoms with Gasteiger partial charge in [-0.3, -0.25) is 4.79 Å². The third kappa shape index (κ3) is 3.79. The summed E-state index contributed by atoms with van der Waals surface area (Å²) >= 11 is 12.0. The Hall–Kier alpha value is -2.62. The monoisotopic (exact) mass is 391 g/mol. The van der Waals surface area contributed by atoms with Crippen molar-refractivity contribution in [3.8, 4) is 11.5 Å². The van der Waals surface area contributed by atoms with E-state index in [-0.39, 0.29) is 41.0 Å². The lowest BCUT2D eigenvalue weighted by Gasteiger charge is -2.12. The zero-order valence-corrected chi connectivity index (χ0v) is 15.1. The van der Waals surface area contributed by atoms with Crippen molar-refractivity contribution in [3.05, 3.63) is 63.2 Å². The maximum absolute atomic E-state index is 14.9.